The van der Waals surface area contributed by atoms with Crippen LogP contribution in [0.25, 0.3) is 11.1 Å². The molecule has 0 saturated carbocycles. The molecule has 6 heteroatoms. The van der Waals surface area contributed by atoms with Crippen LogP contribution in [-0.2, 0) is 0 Å². The highest BCUT2D eigenvalue weighted by Crippen LogP contribution is 2.27. The molecule has 1 saturated heterocycles. The van der Waals surface area contributed by atoms with Gasteiger partial charge >= 0.3 is 0 Å². The van der Waals surface area contributed by atoms with E-state index in [2.05, 4.69) is 0 Å². The number of aromatic hydroxyl groups is 1. The van der Waals surface area contributed by atoms with Crippen molar-refractivity contribution < 1.29 is 19.4 Å². The highest BCUT2D eigenvalue weighted by atomic mass is 19.1. The molecule has 0 radical (unpaired) electrons. The molecule has 27 heavy (non-hydrogen) atoms. The molecule has 1 amide bonds. The Bertz CT molecular complexity index is 823. The molecule has 144 valence electrons. The Morgan fingerprint density at radius 3 is 2.56 bits per heavy atom. The first-order valence-electron chi connectivity index (χ1n) is 9.03. The molecule has 2 aromatic carbocycles. The van der Waals surface area contributed by atoms with E-state index in [0.717, 1.165) is 12.5 Å². The third-order valence-electron chi connectivity index (χ3n) is 4.85. The highest BCUT2D eigenvalue weighted by Gasteiger charge is 2.35. The van der Waals surface area contributed by atoms with Gasteiger partial charge in [-0.15, -0.1) is 0 Å². The van der Waals surface area contributed by atoms with Crippen molar-refractivity contribution in [2.45, 2.75) is 18.4 Å². The number of carbonyl (C=O) groups excluding carboxylic acids is 1. The van der Waals surface area contributed by atoms with Crippen molar-refractivity contribution in [2.24, 2.45) is 0 Å². The Morgan fingerprint density at radius 1 is 1.22 bits per heavy atom. The second-order valence-corrected chi connectivity index (χ2v) is 7.53. The average Bonchev–Trinajstić information content (AvgIpc) is 2.60. The van der Waals surface area contributed by atoms with E-state index in [-0.39, 0.29) is 11.7 Å². The molecular formula is C21H25FN2O3. The number of halogens is 1. The smallest absolute Gasteiger partial charge is 0.253 e. The Balaban J connectivity index is 1.75. The van der Waals surface area contributed by atoms with Gasteiger partial charge in [0.1, 0.15) is 11.6 Å². The number of phenolic OH excluding ortho intramolecular Hbond substituents is 1. The van der Waals surface area contributed by atoms with E-state index < -0.39 is 11.4 Å². The van der Waals surface area contributed by atoms with E-state index in [0.29, 0.717) is 42.7 Å². The van der Waals surface area contributed by atoms with Gasteiger partial charge in [-0.3, -0.25) is 4.79 Å². The van der Waals surface area contributed by atoms with Crippen molar-refractivity contribution in [3.63, 3.8) is 0 Å². The van der Waals surface area contributed by atoms with Gasteiger partial charge in [-0.25, -0.2) is 4.39 Å². The SMILES string of the molecule is CN(C)CC1(O)CCCN(C(=O)c2ccc(-c3ccc(O)cc3F)cc2)C1. The standard InChI is InChI=1S/C21H25FN2O3/c1-23(2)13-21(27)10-3-11-24(14-21)20(26)16-6-4-15(5-7-16)18-9-8-17(25)12-19(18)22/h4-9,12,25,27H,3,10-11,13-14H2,1-2H3. The van der Waals surface area contributed by atoms with Gasteiger partial charge < -0.3 is 20.0 Å². The van der Waals surface area contributed by atoms with Crippen molar-refractivity contribution >= 4 is 5.91 Å². The number of likely N-dealkylation sites (tertiary alicyclic amines) is 1. The summed E-state index contributed by atoms with van der Waals surface area (Å²) in [6.45, 7) is 1.43. The summed E-state index contributed by atoms with van der Waals surface area (Å²) in [5.74, 6) is -0.776. The molecule has 1 unspecified atom stereocenters. The van der Waals surface area contributed by atoms with Crippen molar-refractivity contribution in [3.05, 3.63) is 53.8 Å². The summed E-state index contributed by atoms with van der Waals surface area (Å²) in [5, 5.41) is 20.1. The van der Waals surface area contributed by atoms with Crippen LogP contribution in [0.5, 0.6) is 5.75 Å². The minimum absolute atomic E-state index is 0.127. The minimum Gasteiger partial charge on any atom is -0.508 e. The van der Waals surface area contributed by atoms with Gasteiger partial charge in [-0.05, 0) is 56.8 Å². The second kappa shape index (κ2) is 7.66. The highest BCUT2D eigenvalue weighted by molar-refractivity contribution is 5.94. The first kappa shape index (κ1) is 19.3. The van der Waals surface area contributed by atoms with Crippen molar-refractivity contribution in [2.75, 3.05) is 33.7 Å². The van der Waals surface area contributed by atoms with E-state index in [4.69, 9.17) is 0 Å². The molecule has 0 spiro atoms. The third-order valence-corrected chi connectivity index (χ3v) is 4.85. The lowest BCUT2D eigenvalue weighted by Gasteiger charge is -2.40. The summed E-state index contributed by atoms with van der Waals surface area (Å²) >= 11 is 0. The van der Waals surface area contributed by atoms with Gasteiger partial charge in [0, 0.05) is 30.3 Å². The van der Waals surface area contributed by atoms with Gasteiger partial charge in [0.15, 0.2) is 0 Å². The van der Waals surface area contributed by atoms with Crippen LogP contribution in [0.15, 0.2) is 42.5 Å². The van der Waals surface area contributed by atoms with E-state index >= 15 is 0 Å². The third kappa shape index (κ3) is 4.46. The number of piperidine rings is 1. The van der Waals surface area contributed by atoms with Crippen LogP contribution in [-0.4, -0.2) is 65.3 Å². The maximum Gasteiger partial charge on any atom is 0.253 e. The number of hydrogen-bond acceptors (Lipinski definition) is 4. The number of nitrogens with zero attached hydrogens (tertiary/aromatic N) is 2. The molecule has 2 N–H and O–H groups in total. The van der Waals surface area contributed by atoms with Crippen LogP contribution < -0.4 is 0 Å². The molecular weight excluding hydrogens is 347 g/mol. The Morgan fingerprint density at radius 2 is 1.93 bits per heavy atom. The number of likely N-dealkylation sites (N-methyl/N-ethyl adjacent to an activating group) is 1. The lowest BCUT2D eigenvalue weighted by atomic mass is 9.92. The van der Waals surface area contributed by atoms with E-state index in [1.54, 1.807) is 29.2 Å². The molecule has 0 aromatic heterocycles. The molecule has 1 heterocycles. The van der Waals surface area contributed by atoms with Crippen LogP contribution in [0, 0.1) is 5.82 Å². The second-order valence-electron chi connectivity index (χ2n) is 7.53. The van der Waals surface area contributed by atoms with Crippen molar-refractivity contribution in [3.8, 4) is 16.9 Å². The molecule has 2 aromatic rings. The summed E-state index contributed by atoms with van der Waals surface area (Å²) in [7, 11) is 3.81. The number of phenols is 1. The fourth-order valence-corrected chi connectivity index (χ4v) is 3.72. The van der Waals surface area contributed by atoms with Crippen molar-refractivity contribution in [1.82, 2.24) is 9.80 Å². The number of amides is 1. The summed E-state index contributed by atoms with van der Waals surface area (Å²) in [6.07, 6.45) is 1.43. The summed E-state index contributed by atoms with van der Waals surface area (Å²) in [5.41, 5.74) is 0.607. The largest absolute Gasteiger partial charge is 0.508 e. The molecule has 1 atom stereocenters. The van der Waals surface area contributed by atoms with Gasteiger partial charge in [0.05, 0.1) is 12.1 Å². The molecule has 5 nitrogen and oxygen atoms in total. The summed E-state index contributed by atoms with van der Waals surface area (Å²) in [6, 6.07) is 10.7. The first-order valence-corrected chi connectivity index (χ1v) is 9.03. The monoisotopic (exact) mass is 372 g/mol. The molecule has 1 aliphatic rings. The lowest BCUT2D eigenvalue weighted by Crippen LogP contribution is -2.54. The van der Waals surface area contributed by atoms with Gasteiger partial charge in [-0.1, -0.05) is 12.1 Å². The number of hydrogen-bond donors (Lipinski definition) is 2. The van der Waals surface area contributed by atoms with Crippen LogP contribution >= 0.6 is 0 Å². The average molecular weight is 372 g/mol. The predicted molar refractivity (Wildman–Crippen MR) is 102 cm³/mol. The topological polar surface area (TPSA) is 64.0 Å². The zero-order valence-electron chi connectivity index (χ0n) is 15.7. The predicted octanol–water partition coefficient (Wildman–Crippen LogP) is 2.73. The van der Waals surface area contributed by atoms with Crippen LogP contribution in [0.3, 0.4) is 0 Å². The summed E-state index contributed by atoms with van der Waals surface area (Å²) in [4.78, 5) is 16.4. The minimum atomic E-state index is -0.896. The van der Waals surface area contributed by atoms with E-state index in [1.807, 2.05) is 19.0 Å². The van der Waals surface area contributed by atoms with Gasteiger partial charge in [-0.2, -0.15) is 0 Å². The fourth-order valence-electron chi connectivity index (χ4n) is 3.72. The number of β-amino-alcohol motifs (C(OH)–C–C–N with tert-alkyl or cyclic N) is 1. The lowest BCUT2D eigenvalue weighted by molar-refractivity contribution is -0.0391. The van der Waals surface area contributed by atoms with E-state index in [9.17, 15) is 19.4 Å². The number of rotatable bonds is 4. The maximum atomic E-state index is 14.0. The molecule has 1 fully saturated rings. The number of benzene rings is 2. The fraction of sp³-hybridized carbons (Fsp3) is 0.381. The molecule has 3 rings (SSSR count). The number of aliphatic hydroxyl groups is 1. The molecule has 0 bridgehead atoms. The van der Waals surface area contributed by atoms with Crippen LogP contribution in [0.4, 0.5) is 4.39 Å². The Labute approximate surface area is 158 Å². The quantitative estimate of drug-likeness (QED) is 0.866. The van der Waals surface area contributed by atoms with Gasteiger partial charge in [0.25, 0.3) is 5.91 Å². The Kier molecular flexibility index (Phi) is 5.48. The normalized spacial score (nSPS) is 20.1. The Hall–Kier alpha value is -2.44. The molecule has 1 aliphatic heterocycles. The number of carbonyl (C=O) groups is 1. The summed E-state index contributed by atoms with van der Waals surface area (Å²) < 4.78 is 14.0. The van der Waals surface area contributed by atoms with E-state index in [1.165, 1.54) is 12.1 Å². The zero-order chi connectivity index (χ0) is 19.6. The van der Waals surface area contributed by atoms with Crippen LogP contribution in [0.1, 0.15) is 23.2 Å². The first-order chi connectivity index (χ1) is 12.8. The van der Waals surface area contributed by atoms with Crippen molar-refractivity contribution in [1.29, 1.82) is 0 Å². The maximum absolute atomic E-state index is 14.0. The zero-order valence-corrected chi connectivity index (χ0v) is 15.7. The molecule has 0 aliphatic carbocycles. The van der Waals surface area contributed by atoms with Gasteiger partial charge in [0.2, 0.25) is 0 Å². The van der Waals surface area contributed by atoms with Crippen LogP contribution in [0.2, 0.25) is 0 Å².